The molecule has 0 aliphatic carbocycles. The average Bonchev–Trinajstić information content (AvgIpc) is 2.96. The van der Waals surface area contributed by atoms with E-state index < -0.39 is 0 Å². The van der Waals surface area contributed by atoms with Crippen LogP contribution in [0.3, 0.4) is 0 Å². The molecule has 112 valence electrons. The molecule has 0 bridgehead atoms. The fraction of sp³-hybridized carbons (Fsp3) is 0.500. The van der Waals surface area contributed by atoms with Crippen LogP contribution in [0.15, 0.2) is 24.7 Å². The van der Waals surface area contributed by atoms with Crippen molar-refractivity contribution in [3.05, 3.63) is 30.4 Å². The van der Waals surface area contributed by atoms with Crippen molar-refractivity contribution in [1.29, 1.82) is 0 Å². The summed E-state index contributed by atoms with van der Waals surface area (Å²) in [5, 5.41) is 0. The highest BCUT2D eigenvalue weighted by molar-refractivity contribution is 5.67. The lowest BCUT2D eigenvalue weighted by molar-refractivity contribution is 0.122. The Hall–Kier alpha value is -1.88. The van der Waals surface area contributed by atoms with E-state index in [1.54, 1.807) is 0 Å². The minimum absolute atomic E-state index is 0.757. The maximum Gasteiger partial charge on any atom is 0.180 e. The molecule has 1 aliphatic heterocycles. The summed E-state index contributed by atoms with van der Waals surface area (Å²) in [5.41, 5.74) is 2.03. The van der Waals surface area contributed by atoms with Gasteiger partial charge in [0.05, 0.1) is 25.1 Å². The first-order valence-electron chi connectivity index (χ1n) is 7.71. The van der Waals surface area contributed by atoms with E-state index >= 15 is 0 Å². The van der Waals surface area contributed by atoms with Crippen molar-refractivity contribution in [2.24, 2.45) is 0 Å². The number of anilines is 1. The van der Waals surface area contributed by atoms with Crippen LogP contribution in [0.1, 0.15) is 31.9 Å². The number of hydrogen-bond acceptors (Lipinski definition) is 4. The van der Waals surface area contributed by atoms with Gasteiger partial charge in [-0.05, 0) is 12.5 Å². The summed E-state index contributed by atoms with van der Waals surface area (Å²) >= 11 is 0. The number of fused-ring (bicyclic) bond motifs is 1. The molecule has 0 saturated carbocycles. The normalized spacial score (nSPS) is 16.1. The minimum Gasteiger partial charge on any atom is -0.378 e. The molecule has 0 spiro atoms. The van der Waals surface area contributed by atoms with Crippen molar-refractivity contribution in [3.8, 4) is 0 Å². The molecular weight excluding hydrogens is 264 g/mol. The van der Waals surface area contributed by atoms with E-state index in [2.05, 4.69) is 38.3 Å². The van der Waals surface area contributed by atoms with E-state index in [9.17, 15) is 0 Å². The third-order valence-corrected chi connectivity index (χ3v) is 3.76. The van der Waals surface area contributed by atoms with Crippen LogP contribution in [-0.4, -0.2) is 40.7 Å². The number of hydrogen-bond donors (Lipinski definition) is 0. The number of morpholine rings is 1. The van der Waals surface area contributed by atoms with Gasteiger partial charge in [-0.1, -0.05) is 25.8 Å². The van der Waals surface area contributed by atoms with Crippen molar-refractivity contribution >= 4 is 17.5 Å². The number of rotatable bonds is 5. The van der Waals surface area contributed by atoms with E-state index in [-0.39, 0.29) is 0 Å². The van der Waals surface area contributed by atoms with Gasteiger partial charge in [0.25, 0.3) is 0 Å². The molecule has 1 saturated heterocycles. The smallest absolute Gasteiger partial charge is 0.180 e. The Kier molecular flexibility index (Phi) is 4.50. The SMILES string of the molecule is CCCC/C=C\c1cnc2c(N3CCOCC3)nccn12. The molecule has 0 amide bonds. The van der Waals surface area contributed by atoms with E-state index in [0.29, 0.717) is 0 Å². The van der Waals surface area contributed by atoms with Gasteiger partial charge in [-0.2, -0.15) is 0 Å². The molecule has 5 nitrogen and oxygen atoms in total. The van der Waals surface area contributed by atoms with Crippen LogP contribution < -0.4 is 4.90 Å². The standard InChI is InChI=1S/C16H22N4O/c1-2-3-4-5-6-14-13-18-16-15(17-7-8-20(14)16)19-9-11-21-12-10-19/h5-8,13H,2-4,9-12H2,1H3/b6-5-. The maximum absolute atomic E-state index is 5.41. The fourth-order valence-corrected chi connectivity index (χ4v) is 2.57. The molecule has 0 atom stereocenters. The molecule has 3 rings (SSSR count). The first-order chi connectivity index (χ1) is 10.4. The monoisotopic (exact) mass is 286 g/mol. The van der Waals surface area contributed by atoms with E-state index in [0.717, 1.165) is 49.9 Å². The lowest BCUT2D eigenvalue weighted by Gasteiger charge is -2.27. The molecule has 0 N–H and O–H groups in total. The molecule has 2 aromatic rings. The average molecular weight is 286 g/mol. The number of nitrogens with zero attached hydrogens (tertiary/aromatic N) is 4. The van der Waals surface area contributed by atoms with Crippen molar-refractivity contribution < 1.29 is 4.74 Å². The van der Waals surface area contributed by atoms with Crippen molar-refractivity contribution in [3.63, 3.8) is 0 Å². The van der Waals surface area contributed by atoms with Crippen molar-refractivity contribution in [2.45, 2.75) is 26.2 Å². The molecule has 3 heterocycles. The molecule has 1 fully saturated rings. The van der Waals surface area contributed by atoms with Crippen LogP contribution in [0.5, 0.6) is 0 Å². The Labute approximate surface area is 125 Å². The first kappa shape index (κ1) is 14.1. The number of aromatic nitrogens is 3. The quantitative estimate of drug-likeness (QED) is 0.793. The number of ether oxygens (including phenoxy) is 1. The Balaban J connectivity index is 1.87. The van der Waals surface area contributed by atoms with Crippen molar-refractivity contribution in [2.75, 3.05) is 31.2 Å². The van der Waals surface area contributed by atoms with Crippen LogP contribution in [0.4, 0.5) is 5.82 Å². The molecule has 0 radical (unpaired) electrons. The summed E-state index contributed by atoms with van der Waals surface area (Å²) in [7, 11) is 0. The zero-order chi connectivity index (χ0) is 14.5. The molecular formula is C16H22N4O. The van der Waals surface area contributed by atoms with Gasteiger partial charge in [-0.3, -0.25) is 4.40 Å². The van der Waals surface area contributed by atoms with Gasteiger partial charge >= 0.3 is 0 Å². The van der Waals surface area contributed by atoms with E-state index in [4.69, 9.17) is 4.74 Å². The summed E-state index contributed by atoms with van der Waals surface area (Å²) < 4.78 is 7.52. The summed E-state index contributed by atoms with van der Waals surface area (Å²) in [5.74, 6) is 0.953. The molecule has 5 heteroatoms. The zero-order valence-electron chi connectivity index (χ0n) is 12.5. The summed E-state index contributed by atoms with van der Waals surface area (Å²) in [6, 6.07) is 0. The van der Waals surface area contributed by atoms with E-state index in [1.807, 2.05) is 18.6 Å². The van der Waals surface area contributed by atoms with Gasteiger partial charge in [0, 0.05) is 25.5 Å². The third kappa shape index (κ3) is 3.08. The number of imidazole rings is 1. The third-order valence-electron chi connectivity index (χ3n) is 3.76. The van der Waals surface area contributed by atoms with Gasteiger partial charge in [0.15, 0.2) is 11.5 Å². The van der Waals surface area contributed by atoms with Crippen LogP contribution in [0, 0.1) is 0 Å². The van der Waals surface area contributed by atoms with Gasteiger partial charge in [-0.15, -0.1) is 0 Å². The fourth-order valence-electron chi connectivity index (χ4n) is 2.57. The highest BCUT2D eigenvalue weighted by Gasteiger charge is 2.16. The Morgan fingerprint density at radius 2 is 2.14 bits per heavy atom. The van der Waals surface area contributed by atoms with Crippen LogP contribution in [0.2, 0.25) is 0 Å². The molecule has 0 aromatic carbocycles. The predicted molar refractivity (Wildman–Crippen MR) is 84.6 cm³/mol. The Morgan fingerprint density at radius 3 is 2.95 bits per heavy atom. The molecule has 0 unspecified atom stereocenters. The first-order valence-corrected chi connectivity index (χ1v) is 7.71. The predicted octanol–water partition coefficient (Wildman–Crippen LogP) is 2.77. The highest BCUT2D eigenvalue weighted by Crippen LogP contribution is 2.20. The number of unbranched alkanes of at least 4 members (excludes halogenated alkanes) is 2. The summed E-state index contributed by atoms with van der Waals surface area (Å²) in [6.45, 7) is 5.48. The minimum atomic E-state index is 0.757. The number of allylic oxidation sites excluding steroid dienone is 1. The Bertz CT molecular complexity index is 614. The summed E-state index contributed by atoms with van der Waals surface area (Å²) in [6.07, 6.45) is 13.7. The largest absolute Gasteiger partial charge is 0.378 e. The molecule has 21 heavy (non-hydrogen) atoms. The zero-order valence-corrected chi connectivity index (χ0v) is 12.5. The summed E-state index contributed by atoms with van der Waals surface area (Å²) in [4.78, 5) is 11.3. The second-order valence-electron chi connectivity index (χ2n) is 5.27. The van der Waals surface area contributed by atoms with E-state index in [1.165, 1.54) is 12.8 Å². The second kappa shape index (κ2) is 6.72. The van der Waals surface area contributed by atoms with Gasteiger partial charge in [0.1, 0.15) is 0 Å². The Morgan fingerprint density at radius 1 is 1.29 bits per heavy atom. The molecule has 2 aromatic heterocycles. The van der Waals surface area contributed by atoms with Gasteiger partial charge in [-0.25, -0.2) is 9.97 Å². The lowest BCUT2D eigenvalue weighted by atomic mass is 10.2. The highest BCUT2D eigenvalue weighted by atomic mass is 16.5. The maximum atomic E-state index is 5.41. The topological polar surface area (TPSA) is 42.7 Å². The van der Waals surface area contributed by atoms with Crippen LogP contribution >= 0.6 is 0 Å². The van der Waals surface area contributed by atoms with Crippen LogP contribution in [-0.2, 0) is 4.74 Å². The van der Waals surface area contributed by atoms with Gasteiger partial charge < -0.3 is 9.64 Å². The second-order valence-corrected chi connectivity index (χ2v) is 5.27. The lowest BCUT2D eigenvalue weighted by Crippen LogP contribution is -2.37. The van der Waals surface area contributed by atoms with Crippen LogP contribution in [0.25, 0.3) is 11.7 Å². The van der Waals surface area contributed by atoms with Crippen molar-refractivity contribution in [1.82, 2.24) is 14.4 Å². The molecule has 1 aliphatic rings. The van der Waals surface area contributed by atoms with Gasteiger partial charge in [0.2, 0.25) is 0 Å².